The van der Waals surface area contributed by atoms with Gasteiger partial charge in [0.25, 0.3) is 0 Å². The van der Waals surface area contributed by atoms with Gasteiger partial charge in [-0.1, -0.05) is 0 Å². The maximum Gasteiger partial charge on any atom is 0.187 e. The van der Waals surface area contributed by atoms with Gasteiger partial charge in [0.1, 0.15) is 0 Å². The van der Waals surface area contributed by atoms with Crippen molar-refractivity contribution >= 4 is 17.4 Å². The van der Waals surface area contributed by atoms with E-state index < -0.39 is 0 Å². The molecule has 0 heterocycles. The van der Waals surface area contributed by atoms with Crippen LogP contribution < -0.4 is 0 Å². The van der Waals surface area contributed by atoms with E-state index >= 15 is 0 Å². The zero-order valence-corrected chi connectivity index (χ0v) is 5.49. The first kappa shape index (κ1) is 31.2. The summed E-state index contributed by atoms with van der Waals surface area (Å²) in [7, 11) is 0. The summed E-state index contributed by atoms with van der Waals surface area (Å²) < 4.78 is 0. The van der Waals surface area contributed by atoms with Crippen LogP contribution >= 0.6 is 0 Å². The second-order valence-electron chi connectivity index (χ2n) is 0. The van der Waals surface area contributed by atoms with Crippen LogP contribution in [0.3, 0.4) is 0 Å². The standard InChI is InChI=1S/Ag.Al.Au.Cu.3H. The van der Waals surface area contributed by atoms with Crippen LogP contribution in [0.15, 0.2) is 0 Å². The molecule has 0 N–H and O–H groups in total. The van der Waals surface area contributed by atoms with E-state index in [4.69, 9.17) is 0 Å². The van der Waals surface area contributed by atoms with Gasteiger partial charge in [-0.3, -0.25) is 0 Å². The van der Waals surface area contributed by atoms with Gasteiger partial charge in [-0.2, -0.15) is 0 Å². The molecule has 0 aliphatic rings. The van der Waals surface area contributed by atoms with Crippen molar-refractivity contribution < 1.29 is 61.8 Å². The molecule has 0 aliphatic heterocycles. The molecule has 0 saturated carbocycles. The van der Waals surface area contributed by atoms with Gasteiger partial charge in [0.2, 0.25) is 0 Å². The molecule has 0 aromatic rings. The van der Waals surface area contributed by atoms with Crippen molar-refractivity contribution in [2.45, 2.75) is 0 Å². The van der Waals surface area contributed by atoms with Gasteiger partial charge >= 0.3 is 0 Å². The summed E-state index contributed by atoms with van der Waals surface area (Å²) >= 11 is 0. The number of rotatable bonds is 0. The molecule has 0 unspecified atom stereocenters. The van der Waals surface area contributed by atoms with Crippen molar-refractivity contribution in [3.05, 3.63) is 0 Å². The van der Waals surface area contributed by atoms with Gasteiger partial charge in [0, 0.05) is 61.8 Å². The molecule has 4 heavy (non-hydrogen) atoms. The molecular weight excluding hydrogens is 395 g/mol. The molecule has 0 bridgehead atoms. The summed E-state index contributed by atoms with van der Waals surface area (Å²) in [5.74, 6) is 0. The largest absolute Gasteiger partial charge is 0.187 e. The molecule has 0 nitrogen and oxygen atoms in total. The maximum absolute atomic E-state index is 0. The van der Waals surface area contributed by atoms with Crippen molar-refractivity contribution in [2.24, 2.45) is 0 Å². The zero-order valence-electron chi connectivity index (χ0n) is 0.905. The van der Waals surface area contributed by atoms with Gasteiger partial charge in [-0.05, 0) is 0 Å². The molecule has 0 amide bonds. The van der Waals surface area contributed by atoms with Crippen LogP contribution in [0.1, 0.15) is 0 Å². The second kappa shape index (κ2) is 17.7. The second-order valence-corrected chi connectivity index (χ2v) is 0. The van der Waals surface area contributed by atoms with Crippen molar-refractivity contribution in [3.63, 3.8) is 0 Å². The Labute approximate surface area is 78.1 Å². The van der Waals surface area contributed by atoms with Crippen LogP contribution in [-0.2, 0) is 61.8 Å². The minimum Gasteiger partial charge on any atom is 0 e. The van der Waals surface area contributed by atoms with E-state index in [-0.39, 0.29) is 79.2 Å². The Kier molecular flexibility index (Phi) is 138. The summed E-state index contributed by atoms with van der Waals surface area (Å²) in [6, 6.07) is 0. The fraction of sp³-hybridized carbons (Fsp3) is 0. The Morgan fingerprint density at radius 3 is 1.00 bits per heavy atom. The molecule has 0 spiro atoms. The van der Waals surface area contributed by atoms with Crippen LogP contribution in [0.4, 0.5) is 0 Å². The predicted molar refractivity (Wildman–Crippen MR) is 9.94 cm³/mol. The Morgan fingerprint density at radius 1 is 1.00 bits per heavy atom. The summed E-state index contributed by atoms with van der Waals surface area (Å²) in [5, 5.41) is 0. The van der Waals surface area contributed by atoms with Gasteiger partial charge in [0.15, 0.2) is 17.4 Å². The van der Waals surface area contributed by atoms with E-state index in [0.29, 0.717) is 0 Å². The Balaban J connectivity index is 0. The van der Waals surface area contributed by atoms with Crippen LogP contribution in [-0.4, -0.2) is 17.4 Å². The summed E-state index contributed by atoms with van der Waals surface area (Å²) in [4.78, 5) is 0. The van der Waals surface area contributed by atoms with E-state index in [1.807, 2.05) is 0 Å². The first-order chi connectivity index (χ1) is 0. The summed E-state index contributed by atoms with van der Waals surface area (Å²) in [6.07, 6.45) is 0. The van der Waals surface area contributed by atoms with Gasteiger partial charge in [-0.15, -0.1) is 0 Å². The monoisotopic (exact) mass is 397 g/mol. The van der Waals surface area contributed by atoms with Crippen molar-refractivity contribution in [3.8, 4) is 0 Å². The molecule has 0 aromatic heterocycles. The fourth-order valence-electron chi connectivity index (χ4n) is 0. The third kappa shape index (κ3) is 8.82. The zero-order chi connectivity index (χ0) is 0. The van der Waals surface area contributed by atoms with E-state index in [1.165, 1.54) is 0 Å². The van der Waals surface area contributed by atoms with E-state index in [9.17, 15) is 0 Å². The normalized spacial score (nSPS) is 0. The van der Waals surface area contributed by atoms with Gasteiger partial charge < -0.3 is 0 Å². The number of hydrogen-bond donors (Lipinski definition) is 0. The molecule has 0 saturated heterocycles. The Morgan fingerprint density at radius 2 is 1.00 bits per heavy atom. The first-order valence-corrected chi connectivity index (χ1v) is 0. The summed E-state index contributed by atoms with van der Waals surface area (Å²) in [5.41, 5.74) is 0. The minimum absolute atomic E-state index is 0. The SMILES string of the molecule is [Ag].[AlH3].[Au].[Cu]. The van der Waals surface area contributed by atoms with Gasteiger partial charge in [-0.25, -0.2) is 0 Å². The van der Waals surface area contributed by atoms with Gasteiger partial charge in [0.05, 0.1) is 0 Å². The van der Waals surface area contributed by atoms with Crippen LogP contribution in [0.5, 0.6) is 0 Å². The van der Waals surface area contributed by atoms with Crippen LogP contribution in [0, 0.1) is 0 Å². The quantitative estimate of drug-likeness (QED) is 0.451. The topological polar surface area (TPSA) is 0 Å². The smallest absolute Gasteiger partial charge is 0 e. The molecular formula is H3AgAlAuCu. The van der Waals surface area contributed by atoms with Crippen LogP contribution in [0.25, 0.3) is 0 Å². The molecule has 0 fully saturated rings. The van der Waals surface area contributed by atoms with E-state index in [1.54, 1.807) is 0 Å². The fourth-order valence-corrected chi connectivity index (χ4v) is 0. The van der Waals surface area contributed by atoms with Crippen LogP contribution in [0.2, 0.25) is 0 Å². The Bertz CT molecular complexity index is 8.00. The molecule has 0 atom stereocenters. The van der Waals surface area contributed by atoms with E-state index in [2.05, 4.69) is 0 Å². The first-order valence-electron chi connectivity index (χ1n) is 0. The average Bonchev–Trinajstić information content (AvgIpc) is 0. The molecule has 0 aliphatic carbocycles. The van der Waals surface area contributed by atoms with Crippen molar-refractivity contribution in [2.75, 3.05) is 0 Å². The Hall–Kier alpha value is 2.53. The molecule has 39 valence electrons. The molecule has 3 radical (unpaired) electrons. The van der Waals surface area contributed by atoms with Crippen molar-refractivity contribution in [1.29, 1.82) is 0 Å². The van der Waals surface area contributed by atoms with Crippen molar-refractivity contribution in [1.82, 2.24) is 0 Å². The third-order valence-electron chi connectivity index (χ3n) is 0. The average molecular weight is 398 g/mol. The minimum atomic E-state index is 0. The molecule has 0 aromatic carbocycles. The predicted octanol–water partition coefficient (Wildman–Crippen LogP) is -1.19. The maximum atomic E-state index is 0. The summed E-state index contributed by atoms with van der Waals surface area (Å²) in [6.45, 7) is 0. The third-order valence-corrected chi connectivity index (χ3v) is 0. The van der Waals surface area contributed by atoms with E-state index in [0.717, 1.165) is 0 Å². The molecule has 4 heteroatoms. The number of hydrogen-bond acceptors (Lipinski definition) is 0. The molecule has 0 rings (SSSR count).